The molecule has 1 aromatic heterocycles. The molecule has 8 heteroatoms. The Kier molecular flexibility index (Phi) is 5.55. The Morgan fingerprint density at radius 1 is 1.07 bits per heavy atom. The van der Waals surface area contributed by atoms with Crippen LogP contribution in [-0.4, -0.2) is 34.0 Å². The van der Waals surface area contributed by atoms with Gasteiger partial charge in [-0.25, -0.2) is 9.69 Å². The van der Waals surface area contributed by atoms with Crippen LogP contribution >= 0.6 is 0 Å². The molecule has 27 heavy (non-hydrogen) atoms. The molecule has 0 fully saturated rings. The van der Waals surface area contributed by atoms with Gasteiger partial charge in [0.25, 0.3) is 0 Å². The van der Waals surface area contributed by atoms with Crippen LogP contribution in [0.3, 0.4) is 0 Å². The van der Waals surface area contributed by atoms with Gasteiger partial charge in [-0.15, -0.1) is 0 Å². The van der Waals surface area contributed by atoms with Gasteiger partial charge in [0, 0.05) is 6.07 Å². The van der Waals surface area contributed by atoms with Crippen molar-refractivity contribution < 1.29 is 14.3 Å². The van der Waals surface area contributed by atoms with E-state index in [-0.39, 0.29) is 5.95 Å². The number of rotatable bonds is 7. The fourth-order valence-electron chi connectivity index (χ4n) is 2.66. The number of aromatic nitrogens is 3. The first-order valence-electron chi connectivity index (χ1n) is 8.60. The van der Waals surface area contributed by atoms with Gasteiger partial charge in [-0.05, 0) is 38.1 Å². The van der Waals surface area contributed by atoms with E-state index in [9.17, 15) is 4.79 Å². The molecule has 0 radical (unpaired) electrons. The van der Waals surface area contributed by atoms with E-state index in [1.54, 1.807) is 22.9 Å². The van der Waals surface area contributed by atoms with Gasteiger partial charge in [-0.3, -0.25) is 0 Å². The van der Waals surface area contributed by atoms with E-state index in [2.05, 4.69) is 10.1 Å². The van der Waals surface area contributed by atoms with Gasteiger partial charge in [0.1, 0.15) is 6.33 Å². The Morgan fingerprint density at radius 3 is 2.44 bits per heavy atom. The lowest BCUT2D eigenvalue weighted by Crippen LogP contribution is -2.33. The average molecular weight is 367 g/mol. The van der Waals surface area contributed by atoms with E-state index in [1.165, 1.54) is 11.2 Å². The lowest BCUT2D eigenvalue weighted by Gasteiger charge is -2.21. The van der Waals surface area contributed by atoms with E-state index in [1.807, 2.05) is 44.2 Å². The van der Waals surface area contributed by atoms with Crippen molar-refractivity contribution in [1.29, 1.82) is 0 Å². The maximum atomic E-state index is 12.3. The largest absolute Gasteiger partial charge is 0.490 e. The van der Waals surface area contributed by atoms with E-state index < -0.39 is 6.03 Å². The minimum Gasteiger partial charge on any atom is -0.490 e. The molecule has 3 aromatic rings. The van der Waals surface area contributed by atoms with Gasteiger partial charge < -0.3 is 15.2 Å². The predicted molar refractivity (Wildman–Crippen MR) is 102 cm³/mol. The SMILES string of the molecule is CCOc1ccc(N(C(N)=O)c2ncnn2-c2ccccc2)cc1OCC. The van der Waals surface area contributed by atoms with E-state index in [0.717, 1.165) is 5.69 Å². The van der Waals surface area contributed by atoms with Crippen LogP contribution in [0.15, 0.2) is 54.9 Å². The second-order valence-corrected chi connectivity index (χ2v) is 5.48. The molecule has 8 nitrogen and oxygen atoms in total. The number of hydrogen-bond donors (Lipinski definition) is 1. The number of benzene rings is 2. The minimum atomic E-state index is -0.688. The number of nitrogens with two attached hydrogens (primary N) is 1. The van der Waals surface area contributed by atoms with Crippen LogP contribution < -0.4 is 20.1 Å². The van der Waals surface area contributed by atoms with Crippen molar-refractivity contribution in [2.45, 2.75) is 13.8 Å². The average Bonchev–Trinajstić information content (AvgIpc) is 3.14. The van der Waals surface area contributed by atoms with Crippen molar-refractivity contribution >= 4 is 17.7 Å². The van der Waals surface area contributed by atoms with Crippen molar-refractivity contribution in [2.24, 2.45) is 5.73 Å². The second kappa shape index (κ2) is 8.22. The number of hydrogen-bond acceptors (Lipinski definition) is 5. The molecule has 0 spiro atoms. The highest BCUT2D eigenvalue weighted by Gasteiger charge is 2.23. The Hall–Kier alpha value is -3.55. The summed E-state index contributed by atoms with van der Waals surface area (Å²) < 4.78 is 12.8. The number of urea groups is 1. The van der Waals surface area contributed by atoms with Crippen LogP contribution in [0.1, 0.15) is 13.8 Å². The summed E-state index contributed by atoms with van der Waals surface area (Å²) in [5, 5.41) is 4.22. The number of nitrogens with zero attached hydrogens (tertiary/aromatic N) is 4. The third kappa shape index (κ3) is 3.84. The van der Waals surface area contributed by atoms with Crippen LogP contribution in [0.25, 0.3) is 5.69 Å². The molecule has 0 atom stereocenters. The van der Waals surface area contributed by atoms with E-state index >= 15 is 0 Å². The number of carbonyl (C=O) groups excluding carboxylic acids is 1. The van der Waals surface area contributed by atoms with Crippen molar-refractivity contribution in [3.63, 3.8) is 0 Å². The van der Waals surface area contributed by atoms with Crippen LogP contribution in [-0.2, 0) is 0 Å². The number of anilines is 2. The summed E-state index contributed by atoms with van der Waals surface area (Å²) >= 11 is 0. The molecule has 0 aliphatic heterocycles. The van der Waals surface area contributed by atoms with Crippen LogP contribution in [0.4, 0.5) is 16.4 Å². The number of primary amides is 1. The van der Waals surface area contributed by atoms with Crippen LogP contribution in [0.2, 0.25) is 0 Å². The molecule has 2 aromatic carbocycles. The van der Waals surface area contributed by atoms with E-state index in [4.69, 9.17) is 15.2 Å². The summed E-state index contributed by atoms with van der Waals surface area (Å²) in [6.45, 7) is 4.73. The molecule has 0 unspecified atom stereocenters. The van der Waals surface area contributed by atoms with Crippen molar-refractivity contribution in [2.75, 3.05) is 18.1 Å². The second-order valence-electron chi connectivity index (χ2n) is 5.48. The zero-order valence-corrected chi connectivity index (χ0v) is 15.2. The normalized spacial score (nSPS) is 10.4. The molecule has 0 bridgehead atoms. The molecule has 0 aliphatic rings. The Morgan fingerprint density at radius 2 is 1.78 bits per heavy atom. The quantitative estimate of drug-likeness (QED) is 0.691. The number of ether oxygens (including phenoxy) is 2. The Bertz CT molecular complexity index is 911. The smallest absolute Gasteiger partial charge is 0.326 e. The third-order valence-corrected chi connectivity index (χ3v) is 3.74. The third-order valence-electron chi connectivity index (χ3n) is 3.74. The lowest BCUT2D eigenvalue weighted by molar-refractivity contribution is 0.255. The molecule has 0 aliphatic carbocycles. The fraction of sp³-hybridized carbons (Fsp3) is 0.211. The summed E-state index contributed by atoms with van der Waals surface area (Å²) in [6, 6.07) is 13.8. The molecular formula is C19H21N5O3. The van der Waals surface area contributed by atoms with E-state index in [0.29, 0.717) is 30.4 Å². The maximum Gasteiger partial charge on any atom is 0.326 e. The van der Waals surface area contributed by atoms with Gasteiger partial charge >= 0.3 is 6.03 Å². The van der Waals surface area contributed by atoms with Gasteiger partial charge in [0.05, 0.1) is 24.6 Å². The Balaban J connectivity index is 2.07. The molecule has 1 heterocycles. The number of carbonyl (C=O) groups is 1. The predicted octanol–water partition coefficient (Wildman–Crippen LogP) is 3.28. The van der Waals surface area contributed by atoms with Crippen LogP contribution in [0, 0.1) is 0 Å². The highest BCUT2D eigenvalue weighted by atomic mass is 16.5. The maximum absolute atomic E-state index is 12.3. The first-order chi connectivity index (χ1) is 13.2. The summed E-state index contributed by atoms with van der Waals surface area (Å²) in [5.74, 6) is 1.39. The Labute approximate surface area is 157 Å². The van der Waals surface area contributed by atoms with Gasteiger partial charge in [0.2, 0.25) is 5.95 Å². The van der Waals surface area contributed by atoms with Crippen molar-refractivity contribution in [1.82, 2.24) is 14.8 Å². The number of para-hydroxylation sites is 1. The zero-order valence-electron chi connectivity index (χ0n) is 15.2. The molecule has 3 rings (SSSR count). The topological polar surface area (TPSA) is 95.5 Å². The summed E-state index contributed by atoms with van der Waals surface area (Å²) in [6.07, 6.45) is 1.37. The molecule has 2 N–H and O–H groups in total. The highest BCUT2D eigenvalue weighted by Crippen LogP contribution is 2.34. The summed E-state index contributed by atoms with van der Waals surface area (Å²) in [4.78, 5) is 17.8. The molecule has 0 saturated heterocycles. The standard InChI is InChI=1S/C19H21N5O3/c1-3-26-16-11-10-15(12-17(16)27-4-2)23(18(20)25)19-21-13-22-24(19)14-8-6-5-7-9-14/h5-13H,3-4H2,1-2H3,(H2,20,25). The first kappa shape index (κ1) is 18.2. The van der Waals surface area contributed by atoms with Crippen molar-refractivity contribution in [3.05, 3.63) is 54.9 Å². The fourth-order valence-corrected chi connectivity index (χ4v) is 2.66. The van der Waals surface area contributed by atoms with Gasteiger partial charge in [-0.2, -0.15) is 14.8 Å². The lowest BCUT2D eigenvalue weighted by atomic mass is 10.2. The summed E-state index contributed by atoms with van der Waals surface area (Å²) in [5.41, 5.74) is 6.92. The summed E-state index contributed by atoms with van der Waals surface area (Å²) in [7, 11) is 0. The molecule has 140 valence electrons. The van der Waals surface area contributed by atoms with Gasteiger partial charge in [0.15, 0.2) is 11.5 Å². The minimum absolute atomic E-state index is 0.278. The monoisotopic (exact) mass is 367 g/mol. The molecule has 2 amide bonds. The first-order valence-corrected chi connectivity index (χ1v) is 8.60. The molecule has 0 saturated carbocycles. The zero-order chi connectivity index (χ0) is 19.2. The number of amides is 2. The van der Waals surface area contributed by atoms with Crippen LogP contribution in [0.5, 0.6) is 11.5 Å². The van der Waals surface area contributed by atoms with Gasteiger partial charge in [-0.1, -0.05) is 18.2 Å². The highest BCUT2D eigenvalue weighted by molar-refractivity contribution is 5.97. The van der Waals surface area contributed by atoms with Crippen molar-refractivity contribution in [3.8, 4) is 17.2 Å². The molecular weight excluding hydrogens is 346 g/mol.